The fourth-order valence-electron chi connectivity index (χ4n) is 1.67. The summed E-state index contributed by atoms with van der Waals surface area (Å²) in [6, 6.07) is -1.51. The molecule has 0 aliphatic carbocycles. The van der Waals surface area contributed by atoms with Crippen molar-refractivity contribution in [3.63, 3.8) is 0 Å². The first-order chi connectivity index (χ1) is 10.7. The zero-order chi connectivity index (χ0) is 17.6. The van der Waals surface area contributed by atoms with Crippen LogP contribution in [0.15, 0.2) is 11.2 Å². The molecule has 0 aliphatic rings. The second-order valence-electron chi connectivity index (χ2n) is 4.53. The van der Waals surface area contributed by atoms with Crippen LogP contribution in [-0.2, 0) is 26.9 Å². The number of phosphoric acid groups is 1. The number of pyridine rings is 1. The molecule has 1 aromatic rings. The molecule has 5 N–H and O–H groups in total. The number of aromatic nitrogens is 1. The second kappa shape index (κ2) is 8.14. The van der Waals surface area contributed by atoms with Crippen LogP contribution in [0.4, 0.5) is 0 Å². The van der Waals surface area contributed by atoms with E-state index in [1.807, 2.05) is 0 Å². The van der Waals surface area contributed by atoms with Crippen molar-refractivity contribution in [1.29, 1.82) is 0 Å². The number of aromatic hydroxyl groups is 1. The highest BCUT2D eigenvalue weighted by Crippen LogP contribution is 2.35. The Morgan fingerprint density at radius 3 is 2.70 bits per heavy atom. The Labute approximate surface area is 131 Å². The average molecular weight is 348 g/mol. The maximum absolute atomic E-state index is 11.0. The summed E-state index contributed by atoms with van der Waals surface area (Å²) in [6.07, 6.45) is 2.55. The number of carboxylic acids is 1. The van der Waals surface area contributed by atoms with E-state index in [0.717, 1.165) is 6.21 Å². The number of aliphatic hydroxyl groups is 1. The Bertz CT molecular complexity index is 642. The summed E-state index contributed by atoms with van der Waals surface area (Å²) in [5, 5.41) is 28.0. The quantitative estimate of drug-likeness (QED) is 0.314. The molecule has 0 spiro atoms. The summed E-state index contributed by atoms with van der Waals surface area (Å²) >= 11 is 0. The number of nitrogens with zero attached hydrogens (tertiary/aromatic N) is 2. The van der Waals surface area contributed by atoms with Crippen LogP contribution in [0.5, 0.6) is 5.75 Å². The Kier molecular flexibility index (Phi) is 6.79. The molecule has 0 amide bonds. The minimum Gasteiger partial charge on any atom is -0.506 e. The lowest BCUT2D eigenvalue weighted by atomic mass is 10.1. The summed E-state index contributed by atoms with van der Waals surface area (Å²) < 4.78 is 14.7. The van der Waals surface area contributed by atoms with Crippen molar-refractivity contribution < 1.29 is 39.0 Å². The van der Waals surface area contributed by atoms with E-state index in [9.17, 15) is 19.6 Å². The van der Waals surface area contributed by atoms with E-state index >= 15 is 0 Å². The zero-order valence-corrected chi connectivity index (χ0v) is 13.1. The van der Waals surface area contributed by atoms with Crippen LogP contribution >= 0.6 is 7.82 Å². The molecule has 128 valence electrons. The molecule has 10 nitrogen and oxygen atoms in total. The Morgan fingerprint density at radius 2 is 2.17 bits per heavy atom. The Morgan fingerprint density at radius 1 is 1.52 bits per heavy atom. The lowest BCUT2D eigenvalue weighted by Crippen LogP contribution is -2.23. The number of carboxylic acid groups (broad SMARTS) is 1. The highest BCUT2D eigenvalue weighted by molar-refractivity contribution is 7.46. The molecule has 1 atom stereocenters. The van der Waals surface area contributed by atoms with Gasteiger partial charge in [-0.3, -0.25) is 14.5 Å². The maximum Gasteiger partial charge on any atom is 0.469 e. The molecule has 11 heteroatoms. The van der Waals surface area contributed by atoms with Crippen molar-refractivity contribution in [1.82, 2.24) is 4.98 Å². The van der Waals surface area contributed by atoms with Crippen molar-refractivity contribution in [3.05, 3.63) is 23.0 Å². The van der Waals surface area contributed by atoms with Crippen LogP contribution in [0.2, 0.25) is 0 Å². The van der Waals surface area contributed by atoms with Crippen molar-refractivity contribution in [2.24, 2.45) is 4.99 Å². The predicted molar refractivity (Wildman–Crippen MR) is 78.2 cm³/mol. The summed E-state index contributed by atoms with van der Waals surface area (Å²) in [5.74, 6) is -1.56. The third kappa shape index (κ3) is 6.05. The highest BCUT2D eigenvalue weighted by Gasteiger charge is 2.22. The van der Waals surface area contributed by atoms with Gasteiger partial charge in [0, 0.05) is 30.0 Å². The number of aliphatic imine (C=N–C) groups is 1. The first-order valence-corrected chi connectivity index (χ1v) is 7.90. The smallest absolute Gasteiger partial charge is 0.469 e. The first kappa shape index (κ1) is 19.2. The summed E-state index contributed by atoms with van der Waals surface area (Å²) in [7, 11) is -4.80. The molecule has 1 rings (SSSR count). The molecule has 23 heavy (non-hydrogen) atoms. The lowest BCUT2D eigenvalue weighted by molar-refractivity contribution is -0.139. The van der Waals surface area contributed by atoms with Gasteiger partial charge in [0.15, 0.2) is 6.04 Å². The van der Waals surface area contributed by atoms with Crippen LogP contribution in [0, 0.1) is 6.92 Å². The molecule has 1 heterocycles. The average Bonchev–Trinajstić information content (AvgIpc) is 2.45. The van der Waals surface area contributed by atoms with Gasteiger partial charge >= 0.3 is 13.8 Å². The van der Waals surface area contributed by atoms with Gasteiger partial charge in [-0.2, -0.15) is 0 Å². The van der Waals surface area contributed by atoms with Gasteiger partial charge in [-0.05, 0) is 6.92 Å². The Hall–Kier alpha value is -1.84. The Balaban J connectivity index is 2.85. The van der Waals surface area contributed by atoms with E-state index in [2.05, 4.69) is 14.5 Å². The standard InChI is InChI=1S/C12H17N2O8P/c1-7-11(16)9(8(5-15)4-14-7)2-3-13-10(12(17)18)6-22-23(19,20)21/h3-4,10,15-16H,2,5-6H2,1H3,(H,17,18)(H2,19,20,21)/t10-/m0/s1. The second-order valence-corrected chi connectivity index (χ2v) is 5.77. The first-order valence-electron chi connectivity index (χ1n) is 6.37. The fourth-order valence-corrected chi connectivity index (χ4v) is 2.00. The third-order valence-corrected chi connectivity index (χ3v) is 3.35. The molecule has 0 radical (unpaired) electrons. The molecular formula is C12H17N2O8P. The third-order valence-electron chi connectivity index (χ3n) is 2.87. The summed E-state index contributed by atoms with van der Waals surface area (Å²) in [4.78, 5) is 35.6. The van der Waals surface area contributed by atoms with Gasteiger partial charge in [0.1, 0.15) is 5.75 Å². The number of phosphoric ester groups is 1. The van der Waals surface area contributed by atoms with Gasteiger partial charge in [-0.1, -0.05) is 0 Å². The summed E-state index contributed by atoms with van der Waals surface area (Å²) in [5.41, 5.74) is 1.03. The summed E-state index contributed by atoms with van der Waals surface area (Å²) in [6.45, 7) is 0.392. The minimum absolute atomic E-state index is 0.00474. The molecule has 0 fully saturated rings. The molecular weight excluding hydrogens is 331 g/mol. The van der Waals surface area contributed by atoms with Crippen LogP contribution in [0.1, 0.15) is 16.8 Å². The van der Waals surface area contributed by atoms with E-state index in [0.29, 0.717) is 16.8 Å². The molecule has 0 aliphatic heterocycles. The van der Waals surface area contributed by atoms with Gasteiger partial charge in [0.25, 0.3) is 0 Å². The van der Waals surface area contributed by atoms with Crippen molar-refractivity contribution >= 4 is 20.0 Å². The molecule has 1 aromatic heterocycles. The van der Waals surface area contributed by atoms with Gasteiger partial charge in [0.2, 0.25) is 0 Å². The lowest BCUT2D eigenvalue weighted by Gasteiger charge is -2.11. The number of rotatable bonds is 8. The van der Waals surface area contributed by atoms with E-state index in [1.54, 1.807) is 6.92 Å². The SMILES string of the molecule is Cc1ncc(CO)c(CC=N[C@@H](COP(=O)(O)O)C(=O)O)c1O. The number of hydrogen-bond acceptors (Lipinski definition) is 7. The van der Waals surface area contributed by atoms with Crippen LogP contribution < -0.4 is 0 Å². The molecule has 0 bridgehead atoms. The topological polar surface area (TPSA) is 170 Å². The molecule has 0 saturated carbocycles. The number of carbonyl (C=O) groups is 1. The van der Waals surface area contributed by atoms with Crippen LogP contribution in [0.25, 0.3) is 0 Å². The van der Waals surface area contributed by atoms with Gasteiger partial charge in [0.05, 0.1) is 18.9 Å². The van der Waals surface area contributed by atoms with Crippen molar-refractivity contribution in [3.8, 4) is 5.75 Å². The van der Waals surface area contributed by atoms with Gasteiger partial charge < -0.3 is 25.1 Å². The zero-order valence-electron chi connectivity index (χ0n) is 12.2. The van der Waals surface area contributed by atoms with Gasteiger partial charge in [-0.25, -0.2) is 9.36 Å². The highest BCUT2D eigenvalue weighted by atomic mass is 31.2. The number of hydrogen-bond donors (Lipinski definition) is 5. The number of aliphatic hydroxyl groups excluding tert-OH is 1. The fraction of sp³-hybridized carbons (Fsp3) is 0.417. The van der Waals surface area contributed by atoms with E-state index < -0.39 is 26.4 Å². The van der Waals surface area contributed by atoms with Gasteiger partial charge in [-0.15, -0.1) is 0 Å². The molecule has 0 unspecified atom stereocenters. The predicted octanol–water partition coefficient (Wildman–Crippen LogP) is -0.236. The monoisotopic (exact) mass is 348 g/mol. The molecule has 0 aromatic carbocycles. The minimum atomic E-state index is -4.80. The van der Waals surface area contributed by atoms with E-state index in [4.69, 9.17) is 14.9 Å². The van der Waals surface area contributed by atoms with E-state index in [1.165, 1.54) is 6.20 Å². The van der Waals surface area contributed by atoms with Crippen LogP contribution in [-0.4, -0.2) is 54.9 Å². The maximum atomic E-state index is 11.0. The molecule has 0 saturated heterocycles. The largest absolute Gasteiger partial charge is 0.506 e. The number of aryl methyl sites for hydroxylation is 1. The van der Waals surface area contributed by atoms with Crippen molar-refractivity contribution in [2.45, 2.75) is 26.0 Å². The van der Waals surface area contributed by atoms with Crippen molar-refractivity contribution in [2.75, 3.05) is 6.61 Å². The van der Waals surface area contributed by atoms with E-state index in [-0.39, 0.29) is 18.8 Å². The van der Waals surface area contributed by atoms with Crippen LogP contribution in [0.3, 0.4) is 0 Å². The normalized spacial score (nSPS) is 13.4. The number of aliphatic carboxylic acids is 1.